The highest BCUT2D eigenvalue weighted by molar-refractivity contribution is 6.32. The molecule has 0 spiro atoms. The third kappa shape index (κ3) is 4.67. The SMILES string of the molecule is COc1ccc(/C=C(/C(=O)N2CC(=O)Nc3cc(OC)ccc32)c2ccc(OC)cc2)cc1. The molecule has 0 saturated carbocycles. The van der Waals surface area contributed by atoms with Crippen molar-refractivity contribution in [1.82, 2.24) is 0 Å². The first-order valence-corrected chi connectivity index (χ1v) is 10.3. The lowest BCUT2D eigenvalue weighted by atomic mass is 10.00. The van der Waals surface area contributed by atoms with Gasteiger partial charge in [0.25, 0.3) is 5.91 Å². The van der Waals surface area contributed by atoms with Gasteiger partial charge in [0.15, 0.2) is 0 Å². The van der Waals surface area contributed by atoms with E-state index in [2.05, 4.69) is 5.32 Å². The molecule has 1 N–H and O–H groups in total. The molecule has 2 amide bonds. The van der Waals surface area contributed by atoms with Gasteiger partial charge >= 0.3 is 0 Å². The van der Waals surface area contributed by atoms with E-state index in [0.717, 1.165) is 11.3 Å². The van der Waals surface area contributed by atoms with Crippen LogP contribution in [-0.4, -0.2) is 39.7 Å². The number of carbonyl (C=O) groups is 2. The molecule has 0 radical (unpaired) electrons. The molecule has 1 aliphatic heterocycles. The van der Waals surface area contributed by atoms with Gasteiger partial charge in [0, 0.05) is 11.6 Å². The van der Waals surface area contributed by atoms with Crippen molar-refractivity contribution in [2.24, 2.45) is 0 Å². The van der Waals surface area contributed by atoms with Crippen LogP contribution in [0.4, 0.5) is 11.4 Å². The molecule has 7 heteroatoms. The Labute approximate surface area is 192 Å². The number of hydrogen-bond acceptors (Lipinski definition) is 5. The molecule has 7 nitrogen and oxygen atoms in total. The molecule has 0 fully saturated rings. The van der Waals surface area contributed by atoms with Crippen LogP contribution in [0.25, 0.3) is 11.6 Å². The average molecular weight is 444 g/mol. The zero-order valence-electron chi connectivity index (χ0n) is 18.6. The normalized spacial score (nSPS) is 13.1. The summed E-state index contributed by atoms with van der Waals surface area (Å²) < 4.78 is 15.8. The largest absolute Gasteiger partial charge is 0.497 e. The number of hydrogen-bond donors (Lipinski definition) is 1. The van der Waals surface area contributed by atoms with Crippen molar-refractivity contribution < 1.29 is 23.8 Å². The number of ether oxygens (including phenoxy) is 3. The minimum absolute atomic E-state index is 0.0890. The lowest BCUT2D eigenvalue weighted by Crippen LogP contribution is -2.42. The molecule has 3 aromatic rings. The summed E-state index contributed by atoms with van der Waals surface area (Å²) in [6, 6.07) is 19.9. The standard InChI is InChI=1S/C26H24N2O5/c1-31-19-8-4-17(5-9-19)14-22(18-6-10-20(32-2)11-7-18)26(30)28-16-25(29)27-23-15-21(33-3)12-13-24(23)28/h4-15H,16H2,1-3H3,(H,27,29)/b22-14+. The number of nitrogens with zero attached hydrogens (tertiary/aromatic N) is 1. The fourth-order valence-electron chi connectivity index (χ4n) is 3.63. The number of amides is 2. The van der Waals surface area contributed by atoms with Crippen LogP contribution in [0.5, 0.6) is 17.2 Å². The van der Waals surface area contributed by atoms with Crippen molar-refractivity contribution in [2.75, 3.05) is 38.1 Å². The highest BCUT2D eigenvalue weighted by Gasteiger charge is 2.29. The van der Waals surface area contributed by atoms with Gasteiger partial charge in [-0.1, -0.05) is 24.3 Å². The number of fused-ring (bicyclic) bond motifs is 1. The third-order valence-electron chi connectivity index (χ3n) is 5.37. The maximum absolute atomic E-state index is 13.8. The summed E-state index contributed by atoms with van der Waals surface area (Å²) in [7, 11) is 4.74. The van der Waals surface area contributed by atoms with Crippen LogP contribution >= 0.6 is 0 Å². The minimum atomic E-state index is -0.294. The van der Waals surface area contributed by atoms with Crippen LogP contribution in [-0.2, 0) is 9.59 Å². The first-order valence-electron chi connectivity index (χ1n) is 10.3. The fraction of sp³-hybridized carbons (Fsp3) is 0.154. The molecule has 0 saturated heterocycles. The summed E-state index contributed by atoms with van der Waals surface area (Å²) in [5, 5.41) is 2.81. The summed E-state index contributed by atoms with van der Waals surface area (Å²) >= 11 is 0. The Balaban J connectivity index is 1.79. The second kappa shape index (κ2) is 9.48. The van der Waals surface area contributed by atoms with Crippen molar-refractivity contribution in [3.05, 3.63) is 77.9 Å². The number of nitrogens with one attached hydrogen (secondary N) is 1. The Morgan fingerprint density at radius 3 is 2.03 bits per heavy atom. The molecular formula is C26H24N2O5. The second-order valence-corrected chi connectivity index (χ2v) is 7.38. The smallest absolute Gasteiger partial charge is 0.259 e. The van der Waals surface area contributed by atoms with Gasteiger partial charge in [-0.05, 0) is 53.6 Å². The fourth-order valence-corrected chi connectivity index (χ4v) is 3.63. The van der Waals surface area contributed by atoms with Crippen molar-refractivity contribution in [2.45, 2.75) is 0 Å². The second-order valence-electron chi connectivity index (χ2n) is 7.38. The van der Waals surface area contributed by atoms with E-state index in [0.29, 0.717) is 34.0 Å². The molecule has 1 aliphatic rings. The Morgan fingerprint density at radius 1 is 0.848 bits per heavy atom. The number of carbonyl (C=O) groups excluding carboxylic acids is 2. The first kappa shape index (κ1) is 22.0. The molecule has 3 aromatic carbocycles. The van der Waals surface area contributed by atoms with E-state index in [1.54, 1.807) is 57.7 Å². The Bertz CT molecular complexity index is 1200. The van der Waals surface area contributed by atoms with E-state index < -0.39 is 0 Å². The predicted molar refractivity (Wildman–Crippen MR) is 128 cm³/mol. The first-order chi connectivity index (χ1) is 16.0. The summed E-state index contributed by atoms with van der Waals surface area (Å²) in [5.74, 6) is 1.43. The lowest BCUT2D eigenvalue weighted by Gasteiger charge is -2.30. The van der Waals surface area contributed by atoms with Gasteiger partial charge in [0.2, 0.25) is 5.91 Å². The van der Waals surface area contributed by atoms with E-state index in [4.69, 9.17) is 14.2 Å². The van der Waals surface area contributed by atoms with Crippen molar-refractivity contribution in [3.63, 3.8) is 0 Å². The predicted octanol–water partition coefficient (Wildman–Crippen LogP) is 4.24. The summed E-state index contributed by atoms with van der Waals surface area (Å²) in [6.07, 6.45) is 1.80. The maximum Gasteiger partial charge on any atom is 0.259 e. The summed E-state index contributed by atoms with van der Waals surface area (Å²) in [5.41, 5.74) is 3.11. The Hall–Kier alpha value is -4.26. The van der Waals surface area contributed by atoms with E-state index in [9.17, 15) is 9.59 Å². The molecule has 1 heterocycles. The van der Waals surface area contributed by atoms with Crippen LogP contribution < -0.4 is 24.4 Å². The lowest BCUT2D eigenvalue weighted by molar-refractivity contribution is -0.118. The van der Waals surface area contributed by atoms with E-state index >= 15 is 0 Å². The molecule has 168 valence electrons. The maximum atomic E-state index is 13.8. The Kier molecular flexibility index (Phi) is 6.31. The number of methoxy groups -OCH3 is 3. The summed E-state index contributed by atoms with van der Waals surface area (Å²) in [6.45, 7) is -0.0890. The van der Waals surface area contributed by atoms with Crippen LogP contribution in [0.2, 0.25) is 0 Å². The molecule has 0 aromatic heterocycles. The van der Waals surface area contributed by atoms with Gasteiger partial charge < -0.3 is 19.5 Å². The molecule has 33 heavy (non-hydrogen) atoms. The Morgan fingerprint density at radius 2 is 1.42 bits per heavy atom. The molecule has 4 rings (SSSR count). The highest BCUT2D eigenvalue weighted by atomic mass is 16.5. The van der Waals surface area contributed by atoms with Gasteiger partial charge in [-0.2, -0.15) is 0 Å². The number of rotatable bonds is 6. The minimum Gasteiger partial charge on any atom is -0.497 e. The van der Waals surface area contributed by atoms with Crippen LogP contribution in [0, 0.1) is 0 Å². The number of anilines is 2. The summed E-state index contributed by atoms with van der Waals surface area (Å²) in [4.78, 5) is 27.7. The molecular weight excluding hydrogens is 420 g/mol. The van der Waals surface area contributed by atoms with Gasteiger partial charge in [0.1, 0.15) is 23.8 Å². The van der Waals surface area contributed by atoms with Crippen LogP contribution in [0.1, 0.15) is 11.1 Å². The van der Waals surface area contributed by atoms with Gasteiger partial charge in [-0.25, -0.2) is 0 Å². The van der Waals surface area contributed by atoms with E-state index in [-0.39, 0.29) is 18.4 Å². The van der Waals surface area contributed by atoms with Gasteiger partial charge in [0.05, 0.1) is 32.7 Å². The van der Waals surface area contributed by atoms with E-state index in [1.165, 1.54) is 4.90 Å². The molecule has 0 atom stereocenters. The van der Waals surface area contributed by atoms with Crippen LogP contribution in [0.15, 0.2) is 66.7 Å². The average Bonchev–Trinajstić information content (AvgIpc) is 2.86. The monoisotopic (exact) mass is 444 g/mol. The van der Waals surface area contributed by atoms with Crippen molar-refractivity contribution >= 4 is 34.8 Å². The molecule has 0 bridgehead atoms. The van der Waals surface area contributed by atoms with E-state index in [1.807, 2.05) is 36.4 Å². The quantitative estimate of drug-likeness (QED) is 0.455. The molecule has 0 aliphatic carbocycles. The third-order valence-corrected chi connectivity index (χ3v) is 5.37. The zero-order chi connectivity index (χ0) is 23.4. The topological polar surface area (TPSA) is 77.1 Å². The zero-order valence-corrected chi connectivity index (χ0v) is 18.6. The van der Waals surface area contributed by atoms with Crippen molar-refractivity contribution in [1.29, 1.82) is 0 Å². The number of benzene rings is 3. The molecule has 0 unspecified atom stereocenters. The van der Waals surface area contributed by atoms with Gasteiger partial charge in [-0.15, -0.1) is 0 Å². The highest BCUT2D eigenvalue weighted by Crippen LogP contribution is 2.35. The van der Waals surface area contributed by atoms with Crippen LogP contribution in [0.3, 0.4) is 0 Å². The van der Waals surface area contributed by atoms with Crippen molar-refractivity contribution in [3.8, 4) is 17.2 Å². The van der Waals surface area contributed by atoms with Gasteiger partial charge in [-0.3, -0.25) is 14.5 Å².